The van der Waals surface area contributed by atoms with Crippen molar-refractivity contribution in [2.24, 2.45) is 11.8 Å². The predicted molar refractivity (Wildman–Crippen MR) is 82.0 cm³/mol. The maximum Gasteiger partial charge on any atom is 0.0237 e. The van der Waals surface area contributed by atoms with Crippen LogP contribution in [0.1, 0.15) is 38.3 Å². The van der Waals surface area contributed by atoms with Crippen molar-refractivity contribution in [2.45, 2.75) is 40.3 Å². The topological polar surface area (TPSA) is 15.3 Å². The zero-order valence-electron chi connectivity index (χ0n) is 12.7. The van der Waals surface area contributed by atoms with Gasteiger partial charge in [0, 0.05) is 19.6 Å². The van der Waals surface area contributed by atoms with Crippen molar-refractivity contribution in [1.29, 1.82) is 0 Å². The fraction of sp³-hybridized carbons (Fsp3) is 0.647. The van der Waals surface area contributed by atoms with E-state index < -0.39 is 0 Å². The van der Waals surface area contributed by atoms with E-state index in [9.17, 15) is 0 Å². The van der Waals surface area contributed by atoms with Gasteiger partial charge in [0.25, 0.3) is 0 Å². The number of nitrogens with zero attached hydrogens (tertiary/aromatic N) is 1. The average molecular weight is 260 g/mol. The van der Waals surface area contributed by atoms with E-state index in [-0.39, 0.29) is 0 Å². The van der Waals surface area contributed by atoms with Gasteiger partial charge in [-0.3, -0.25) is 4.90 Å². The Morgan fingerprint density at radius 3 is 2.63 bits per heavy atom. The van der Waals surface area contributed by atoms with E-state index in [0.717, 1.165) is 25.6 Å². The minimum atomic E-state index is 0.714. The second-order valence-corrected chi connectivity index (χ2v) is 6.42. The van der Waals surface area contributed by atoms with Crippen molar-refractivity contribution in [3.63, 3.8) is 0 Å². The number of rotatable bonds is 6. The third kappa shape index (κ3) is 4.63. The van der Waals surface area contributed by atoms with Gasteiger partial charge < -0.3 is 5.32 Å². The summed E-state index contributed by atoms with van der Waals surface area (Å²) >= 11 is 0. The highest BCUT2D eigenvalue weighted by Crippen LogP contribution is 2.19. The first-order valence-electron chi connectivity index (χ1n) is 7.65. The largest absolute Gasteiger partial charge is 0.312 e. The summed E-state index contributed by atoms with van der Waals surface area (Å²) in [4.78, 5) is 2.59. The molecule has 19 heavy (non-hydrogen) atoms. The zero-order chi connectivity index (χ0) is 13.7. The van der Waals surface area contributed by atoms with Crippen LogP contribution in [0.25, 0.3) is 0 Å². The third-order valence-corrected chi connectivity index (χ3v) is 3.89. The molecule has 1 aliphatic heterocycles. The van der Waals surface area contributed by atoms with Gasteiger partial charge in [-0.2, -0.15) is 0 Å². The first kappa shape index (κ1) is 14.5. The Bertz CT molecular complexity index is 387. The van der Waals surface area contributed by atoms with Crippen molar-refractivity contribution < 1.29 is 0 Å². The van der Waals surface area contributed by atoms with Crippen LogP contribution in [0, 0.1) is 11.8 Å². The molecule has 1 fully saturated rings. The minimum absolute atomic E-state index is 0.714. The third-order valence-electron chi connectivity index (χ3n) is 3.89. The highest BCUT2D eigenvalue weighted by Gasteiger charge is 2.19. The lowest BCUT2D eigenvalue weighted by Crippen LogP contribution is -2.23. The number of likely N-dealkylation sites (tertiary alicyclic amines) is 1. The Kier molecular flexibility index (Phi) is 5.41. The molecule has 1 aliphatic rings. The maximum absolute atomic E-state index is 3.56. The number of nitrogens with one attached hydrogen (secondary N) is 1. The molecule has 1 heterocycles. The van der Waals surface area contributed by atoms with Crippen molar-refractivity contribution in [2.75, 3.05) is 19.6 Å². The molecule has 1 aromatic rings. The van der Waals surface area contributed by atoms with E-state index in [2.05, 4.69) is 55.3 Å². The molecule has 1 saturated heterocycles. The quantitative estimate of drug-likeness (QED) is 0.844. The van der Waals surface area contributed by atoms with Gasteiger partial charge in [0.05, 0.1) is 0 Å². The molecule has 1 aromatic carbocycles. The molecule has 0 amide bonds. The summed E-state index contributed by atoms with van der Waals surface area (Å²) in [7, 11) is 0. The smallest absolute Gasteiger partial charge is 0.0237 e. The molecule has 0 aliphatic carbocycles. The summed E-state index contributed by atoms with van der Waals surface area (Å²) in [5.74, 6) is 1.58. The molecule has 2 rings (SSSR count). The van der Waals surface area contributed by atoms with Gasteiger partial charge in [-0.1, -0.05) is 45.0 Å². The molecule has 1 N–H and O–H groups in total. The van der Waals surface area contributed by atoms with Gasteiger partial charge in [-0.25, -0.2) is 0 Å². The Balaban J connectivity index is 1.92. The predicted octanol–water partition coefficient (Wildman–Crippen LogP) is 3.27. The van der Waals surface area contributed by atoms with Crippen LogP contribution < -0.4 is 5.32 Å². The second-order valence-electron chi connectivity index (χ2n) is 6.42. The van der Waals surface area contributed by atoms with Crippen LogP contribution in [-0.2, 0) is 13.1 Å². The van der Waals surface area contributed by atoms with Gasteiger partial charge in [-0.05, 0) is 42.5 Å². The summed E-state index contributed by atoms with van der Waals surface area (Å²) in [5.41, 5.74) is 2.95. The summed E-state index contributed by atoms with van der Waals surface area (Å²) in [6.45, 7) is 12.6. The summed E-state index contributed by atoms with van der Waals surface area (Å²) < 4.78 is 0. The minimum Gasteiger partial charge on any atom is -0.312 e. The Morgan fingerprint density at radius 1 is 1.26 bits per heavy atom. The average Bonchev–Trinajstić information content (AvgIpc) is 2.77. The van der Waals surface area contributed by atoms with E-state index in [1.807, 2.05) is 0 Å². The summed E-state index contributed by atoms with van der Waals surface area (Å²) in [6.07, 6.45) is 1.35. The van der Waals surface area contributed by atoms with Gasteiger partial charge in [0.2, 0.25) is 0 Å². The number of hydrogen-bond donors (Lipinski definition) is 1. The van der Waals surface area contributed by atoms with E-state index in [0.29, 0.717) is 5.92 Å². The lowest BCUT2D eigenvalue weighted by atomic mass is 10.1. The van der Waals surface area contributed by atoms with Crippen LogP contribution in [0.4, 0.5) is 0 Å². The van der Waals surface area contributed by atoms with Gasteiger partial charge >= 0.3 is 0 Å². The van der Waals surface area contributed by atoms with Crippen molar-refractivity contribution in [3.8, 4) is 0 Å². The number of hydrogen-bond acceptors (Lipinski definition) is 2. The standard InChI is InChI=1S/C17H28N2/c1-14(2)10-18-11-16-6-4-5-7-17(16)13-19-9-8-15(3)12-19/h4-7,14-15,18H,8-13H2,1-3H3. The summed E-state index contributed by atoms with van der Waals surface area (Å²) in [6, 6.07) is 8.88. The molecule has 1 atom stereocenters. The first-order chi connectivity index (χ1) is 9.15. The van der Waals surface area contributed by atoms with Crippen LogP contribution in [0.3, 0.4) is 0 Å². The highest BCUT2D eigenvalue weighted by molar-refractivity contribution is 5.27. The van der Waals surface area contributed by atoms with E-state index in [1.165, 1.54) is 30.6 Å². The van der Waals surface area contributed by atoms with Crippen LogP contribution in [-0.4, -0.2) is 24.5 Å². The van der Waals surface area contributed by atoms with Crippen LogP contribution in [0.15, 0.2) is 24.3 Å². The van der Waals surface area contributed by atoms with Crippen LogP contribution in [0.2, 0.25) is 0 Å². The molecule has 106 valence electrons. The van der Waals surface area contributed by atoms with E-state index in [1.54, 1.807) is 0 Å². The molecule has 2 nitrogen and oxygen atoms in total. The Labute approximate surface area is 118 Å². The van der Waals surface area contributed by atoms with Gasteiger partial charge in [-0.15, -0.1) is 0 Å². The van der Waals surface area contributed by atoms with Crippen molar-refractivity contribution in [3.05, 3.63) is 35.4 Å². The summed E-state index contributed by atoms with van der Waals surface area (Å²) in [5, 5.41) is 3.56. The fourth-order valence-electron chi connectivity index (χ4n) is 2.79. The highest BCUT2D eigenvalue weighted by atomic mass is 15.1. The second kappa shape index (κ2) is 7.06. The van der Waals surface area contributed by atoms with Crippen molar-refractivity contribution in [1.82, 2.24) is 10.2 Å². The van der Waals surface area contributed by atoms with Gasteiger partial charge in [0.15, 0.2) is 0 Å². The maximum atomic E-state index is 3.56. The Morgan fingerprint density at radius 2 is 2.00 bits per heavy atom. The lowest BCUT2D eigenvalue weighted by Gasteiger charge is -2.18. The lowest BCUT2D eigenvalue weighted by molar-refractivity contribution is 0.319. The first-order valence-corrected chi connectivity index (χ1v) is 7.65. The molecule has 1 unspecified atom stereocenters. The SMILES string of the molecule is CC(C)CNCc1ccccc1CN1CCC(C)C1. The monoisotopic (exact) mass is 260 g/mol. The van der Waals surface area contributed by atoms with Gasteiger partial charge in [0.1, 0.15) is 0 Å². The molecule has 2 heteroatoms. The van der Waals surface area contributed by atoms with E-state index >= 15 is 0 Å². The molecule has 0 saturated carbocycles. The van der Waals surface area contributed by atoms with Crippen molar-refractivity contribution >= 4 is 0 Å². The fourth-order valence-corrected chi connectivity index (χ4v) is 2.79. The molecule has 0 radical (unpaired) electrons. The number of benzene rings is 1. The molecule has 0 bridgehead atoms. The molecule has 0 aromatic heterocycles. The zero-order valence-corrected chi connectivity index (χ0v) is 12.7. The Hall–Kier alpha value is -0.860. The molecule has 0 spiro atoms. The molecular formula is C17H28N2. The van der Waals surface area contributed by atoms with Crippen LogP contribution in [0.5, 0.6) is 0 Å². The van der Waals surface area contributed by atoms with Crippen LogP contribution >= 0.6 is 0 Å². The van der Waals surface area contributed by atoms with E-state index in [4.69, 9.17) is 0 Å². The molecular weight excluding hydrogens is 232 g/mol. The normalized spacial score (nSPS) is 20.3.